The molecule has 1 amide bonds. The van der Waals surface area contributed by atoms with Gasteiger partial charge in [-0.3, -0.25) is 4.79 Å². The van der Waals surface area contributed by atoms with Gasteiger partial charge < -0.3 is 14.6 Å². The predicted octanol–water partition coefficient (Wildman–Crippen LogP) is 3.74. The molecule has 0 saturated heterocycles. The van der Waals surface area contributed by atoms with Gasteiger partial charge in [0.25, 0.3) is 11.8 Å². The highest BCUT2D eigenvalue weighted by molar-refractivity contribution is 7.17. The Labute approximate surface area is 148 Å². The lowest BCUT2D eigenvalue weighted by atomic mass is 10.1. The fourth-order valence-corrected chi connectivity index (χ4v) is 4.00. The maximum atomic E-state index is 12.6. The second-order valence-electron chi connectivity index (χ2n) is 5.98. The molecule has 128 valence electrons. The molecule has 4 rings (SSSR count). The van der Waals surface area contributed by atoms with Crippen LogP contribution < -0.4 is 5.32 Å². The van der Waals surface area contributed by atoms with Gasteiger partial charge in [0.15, 0.2) is 5.82 Å². The summed E-state index contributed by atoms with van der Waals surface area (Å²) in [4.78, 5) is 18.1. The minimum absolute atomic E-state index is 0.156. The highest BCUT2D eigenvalue weighted by Crippen LogP contribution is 2.42. The lowest BCUT2D eigenvalue weighted by molar-refractivity contribution is 0.102. The van der Waals surface area contributed by atoms with Gasteiger partial charge in [-0.15, -0.1) is 11.3 Å². The molecule has 2 aromatic heterocycles. The van der Waals surface area contributed by atoms with Crippen LogP contribution in [0.1, 0.15) is 32.2 Å². The van der Waals surface area contributed by atoms with Crippen molar-refractivity contribution >= 4 is 22.2 Å². The lowest BCUT2D eigenvalue weighted by Crippen LogP contribution is -2.12. The second-order valence-corrected chi connectivity index (χ2v) is 7.08. The number of anilines is 1. The molecule has 0 fully saturated rings. The molecule has 0 radical (unpaired) electrons. The lowest BCUT2D eigenvalue weighted by Gasteiger charge is -2.12. The van der Waals surface area contributed by atoms with Crippen LogP contribution in [0.5, 0.6) is 0 Å². The van der Waals surface area contributed by atoms with Gasteiger partial charge >= 0.3 is 0 Å². The zero-order valence-corrected chi connectivity index (χ0v) is 14.8. The van der Waals surface area contributed by atoms with Crippen molar-refractivity contribution in [3.05, 3.63) is 51.7 Å². The third-order valence-corrected chi connectivity index (χ3v) is 5.22. The molecule has 3 heterocycles. The first-order valence-electron chi connectivity index (χ1n) is 8.03. The molecule has 7 heteroatoms. The van der Waals surface area contributed by atoms with Crippen LogP contribution in [0.25, 0.3) is 11.5 Å². The van der Waals surface area contributed by atoms with E-state index >= 15 is 0 Å². The van der Waals surface area contributed by atoms with E-state index in [4.69, 9.17) is 9.26 Å². The monoisotopic (exact) mass is 355 g/mol. The Hall–Kier alpha value is -2.51. The average molecular weight is 355 g/mol. The Kier molecular flexibility index (Phi) is 4.10. The van der Waals surface area contributed by atoms with Gasteiger partial charge in [-0.05, 0) is 38.0 Å². The highest BCUT2D eigenvalue weighted by Gasteiger charge is 2.26. The number of thiophene rings is 1. The third-order valence-electron chi connectivity index (χ3n) is 4.10. The first kappa shape index (κ1) is 16.0. The number of nitrogens with zero attached hydrogens (tertiary/aromatic N) is 2. The summed E-state index contributed by atoms with van der Waals surface area (Å²) in [6.45, 7) is 4.96. The quantitative estimate of drug-likeness (QED) is 0.774. The molecule has 1 aliphatic heterocycles. The Morgan fingerprint density at radius 2 is 2.04 bits per heavy atom. The van der Waals surface area contributed by atoms with Gasteiger partial charge in [0.1, 0.15) is 5.00 Å². The van der Waals surface area contributed by atoms with Crippen molar-refractivity contribution in [1.82, 2.24) is 10.1 Å². The van der Waals surface area contributed by atoms with Crippen molar-refractivity contribution < 1.29 is 14.1 Å². The maximum Gasteiger partial charge on any atom is 0.261 e. The fourth-order valence-electron chi connectivity index (χ4n) is 2.83. The number of hydrogen-bond acceptors (Lipinski definition) is 6. The Bertz CT molecular complexity index is 928. The van der Waals surface area contributed by atoms with E-state index in [1.165, 1.54) is 11.3 Å². The number of aromatic nitrogens is 2. The van der Waals surface area contributed by atoms with E-state index in [1.807, 2.05) is 31.2 Å². The van der Waals surface area contributed by atoms with Crippen molar-refractivity contribution in [1.29, 1.82) is 0 Å². The standard InChI is InChI=1S/C18H17N3O3S/c1-10-3-5-12(6-4-10)16(22)20-18-15(17-19-11(2)21-24-17)13-7-8-23-9-14(13)25-18/h3-6H,7-9H2,1-2H3,(H,20,22). The van der Waals surface area contributed by atoms with E-state index < -0.39 is 0 Å². The van der Waals surface area contributed by atoms with Crippen molar-refractivity contribution in [3.8, 4) is 11.5 Å². The summed E-state index contributed by atoms with van der Waals surface area (Å²) >= 11 is 1.51. The molecule has 0 aliphatic carbocycles. The molecule has 25 heavy (non-hydrogen) atoms. The average Bonchev–Trinajstić information content (AvgIpc) is 3.18. The Balaban J connectivity index is 1.72. The van der Waals surface area contributed by atoms with Gasteiger partial charge in [-0.25, -0.2) is 0 Å². The number of fused-ring (bicyclic) bond motifs is 1. The first-order valence-corrected chi connectivity index (χ1v) is 8.84. The molecule has 0 spiro atoms. The van der Waals surface area contributed by atoms with Crippen LogP contribution in [0, 0.1) is 13.8 Å². The van der Waals surface area contributed by atoms with Crippen molar-refractivity contribution in [2.24, 2.45) is 0 Å². The van der Waals surface area contributed by atoms with E-state index in [0.29, 0.717) is 30.5 Å². The molecule has 0 atom stereocenters. The van der Waals surface area contributed by atoms with Gasteiger partial charge in [0, 0.05) is 10.4 Å². The van der Waals surface area contributed by atoms with Crippen molar-refractivity contribution in [2.75, 3.05) is 11.9 Å². The zero-order valence-electron chi connectivity index (χ0n) is 14.0. The Morgan fingerprint density at radius 3 is 2.76 bits per heavy atom. The van der Waals surface area contributed by atoms with E-state index in [0.717, 1.165) is 33.0 Å². The fraction of sp³-hybridized carbons (Fsp3) is 0.278. The molecule has 1 aromatic carbocycles. The summed E-state index contributed by atoms with van der Waals surface area (Å²) in [6, 6.07) is 7.48. The van der Waals surface area contributed by atoms with Crippen LogP contribution in [-0.2, 0) is 17.8 Å². The van der Waals surface area contributed by atoms with Crippen LogP contribution in [0.4, 0.5) is 5.00 Å². The SMILES string of the molecule is Cc1ccc(C(=O)Nc2sc3c(c2-c2nc(C)no2)CCOC3)cc1. The van der Waals surface area contributed by atoms with Crippen LogP contribution in [0.3, 0.4) is 0 Å². The number of carbonyl (C=O) groups is 1. The molecule has 6 nitrogen and oxygen atoms in total. The van der Waals surface area contributed by atoms with Crippen LogP contribution in [0.15, 0.2) is 28.8 Å². The normalized spacial score (nSPS) is 13.5. The van der Waals surface area contributed by atoms with Gasteiger partial charge in [0.2, 0.25) is 0 Å². The predicted molar refractivity (Wildman–Crippen MR) is 94.8 cm³/mol. The molecular weight excluding hydrogens is 338 g/mol. The third kappa shape index (κ3) is 3.08. The molecule has 0 bridgehead atoms. The summed E-state index contributed by atoms with van der Waals surface area (Å²) in [5.41, 5.74) is 3.67. The number of hydrogen-bond donors (Lipinski definition) is 1. The van der Waals surface area contributed by atoms with E-state index in [2.05, 4.69) is 15.5 Å². The van der Waals surface area contributed by atoms with E-state index in [1.54, 1.807) is 6.92 Å². The van der Waals surface area contributed by atoms with E-state index in [-0.39, 0.29) is 5.91 Å². The molecule has 0 unspecified atom stereocenters. The summed E-state index contributed by atoms with van der Waals surface area (Å²) < 4.78 is 10.9. The zero-order chi connectivity index (χ0) is 17.4. The van der Waals surface area contributed by atoms with Gasteiger partial charge in [-0.1, -0.05) is 22.9 Å². The molecule has 1 N–H and O–H groups in total. The van der Waals surface area contributed by atoms with Crippen molar-refractivity contribution in [3.63, 3.8) is 0 Å². The van der Waals surface area contributed by atoms with Gasteiger partial charge in [0.05, 0.1) is 18.8 Å². The largest absolute Gasteiger partial charge is 0.376 e. The summed E-state index contributed by atoms with van der Waals surface area (Å²) in [6.07, 6.45) is 0.767. The highest BCUT2D eigenvalue weighted by atomic mass is 32.1. The number of rotatable bonds is 3. The van der Waals surface area contributed by atoms with Crippen molar-refractivity contribution in [2.45, 2.75) is 26.9 Å². The number of benzene rings is 1. The molecular formula is C18H17N3O3S. The molecule has 0 saturated carbocycles. The minimum Gasteiger partial charge on any atom is -0.376 e. The number of nitrogens with one attached hydrogen (secondary N) is 1. The first-order chi connectivity index (χ1) is 12.1. The van der Waals surface area contributed by atoms with Crippen LogP contribution in [0.2, 0.25) is 0 Å². The topological polar surface area (TPSA) is 77.3 Å². The summed E-state index contributed by atoms with van der Waals surface area (Å²) in [5.74, 6) is 0.853. The molecule has 3 aromatic rings. The van der Waals surface area contributed by atoms with E-state index in [9.17, 15) is 4.79 Å². The number of carbonyl (C=O) groups excluding carboxylic acids is 1. The number of aryl methyl sites for hydroxylation is 2. The van der Waals surface area contributed by atoms with Crippen LogP contribution >= 0.6 is 11.3 Å². The number of ether oxygens (including phenoxy) is 1. The minimum atomic E-state index is -0.156. The smallest absolute Gasteiger partial charge is 0.261 e. The Morgan fingerprint density at radius 1 is 1.24 bits per heavy atom. The molecule has 1 aliphatic rings. The number of amides is 1. The van der Waals surface area contributed by atoms with Gasteiger partial charge in [-0.2, -0.15) is 4.98 Å². The van der Waals surface area contributed by atoms with Crippen LogP contribution in [-0.4, -0.2) is 22.7 Å². The summed E-state index contributed by atoms with van der Waals surface area (Å²) in [5, 5.41) is 7.62. The maximum absolute atomic E-state index is 12.6. The second kappa shape index (κ2) is 6.42. The summed E-state index contributed by atoms with van der Waals surface area (Å²) in [7, 11) is 0.